The van der Waals surface area contributed by atoms with E-state index in [1.54, 1.807) is 38.4 Å². The first-order chi connectivity index (χ1) is 43.5. The summed E-state index contributed by atoms with van der Waals surface area (Å²) in [5.74, 6) is -0.407. The van der Waals surface area contributed by atoms with Gasteiger partial charge in [0.2, 0.25) is 0 Å². The van der Waals surface area contributed by atoms with Crippen LogP contribution >= 0.6 is 11.3 Å². The van der Waals surface area contributed by atoms with Crippen LogP contribution in [0.1, 0.15) is 176 Å². The molecule has 504 valence electrons. The van der Waals surface area contributed by atoms with Gasteiger partial charge in [0, 0.05) is 108 Å². The highest BCUT2D eigenvalue weighted by Crippen LogP contribution is 2.38. The average molecular weight is 1290 g/mol. The lowest BCUT2D eigenvalue weighted by Gasteiger charge is -2.34. The largest absolute Gasteiger partial charge is 0.481 e. The van der Waals surface area contributed by atoms with Crippen molar-refractivity contribution in [3.8, 4) is 0 Å². The van der Waals surface area contributed by atoms with Crippen LogP contribution in [0.15, 0.2) is 103 Å². The zero-order valence-electron chi connectivity index (χ0n) is 55.8. The first kappa shape index (κ1) is 78.4. The molecule has 0 aliphatic carbocycles. The van der Waals surface area contributed by atoms with Crippen LogP contribution in [0, 0.1) is 0 Å². The number of ether oxygens (including phenoxy) is 4. The number of hydrogen-bond acceptors (Lipinski definition) is 19. The van der Waals surface area contributed by atoms with Crippen molar-refractivity contribution in [3.63, 3.8) is 0 Å². The van der Waals surface area contributed by atoms with Crippen LogP contribution in [0.2, 0.25) is 0 Å². The Kier molecular flexibility index (Phi) is 33.7. The number of aromatic nitrogens is 1. The van der Waals surface area contributed by atoms with E-state index in [-0.39, 0.29) is 25.0 Å². The van der Waals surface area contributed by atoms with E-state index in [2.05, 4.69) is 40.7 Å². The Hall–Kier alpha value is -7.87. The Morgan fingerprint density at radius 3 is 1.58 bits per heavy atom. The van der Waals surface area contributed by atoms with Gasteiger partial charge in [-0.25, -0.2) is 14.6 Å². The lowest BCUT2D eigenvalue weighted by atomic mass is 10.0. The maximum absolute atomic E-state index is 11.8. The predicted molar refractivity (Wildman–Crippen MR) is 363 cm³/mol. The van der Waals surface area contributed by atoms with E-state index < -0.39 is 35.3 Å². The van der Waals surface area contributed by atoms with Crippen molar-refractivity contribution < 1.29 is 63.0 Å². The molecule has 3 amide bonds. The molecule has 1 saturated heterocycles. The third-order valence-electron chi connectivity index (χ3n) is 13.6. The van der Waals surface area contributed by atoms with E-state index in [0.29, 0.717) is 60.6 Å². The van der Waals surface area contributed by atoms with Crippen molar-refractivity contribution in [2.75, 3.05) is 71.2 Å². The zero-order valence-corrected chi connectivity index (χ0v) is 56.6. The minimum atomic E-state index is -0.833. The fourth-order valence-electron chi connectivity index (χ4n) is 9.08. The second-order valence-electron chi connectivity index (χ2n) is 23.8. The lowest BCUT2D eigenvalue weighted by Crippen LogP contribution is -2.44. The number of aliphatic hydroxyl groups excluding tert-OH is 2. The highest BCUT2D eigenvalue weighted by atomic mass is 32.1. The molecule has 2 unspecified atom stereocenters. The summed E-state index contributed by atoms with van der Waals surface area (Å²) in [6, 6.07) is 32.3. The van der Waals surface area contributed by atoms with Gasteiger partial charge in [-0.2, -0.15) is 0 Å². The molecule has 11 N–H and O–H groups in total. The van der Waals surface area contributed by atoms with Gasteiger partial charge >= 0.3 is 12.2 Å². The number of nitrogens with two attached hydrogens (primary N) is 3. The molecule has 0 spiro atoms. The number of amides is 3. The second-order valence-corrected chi connectivity index (χ2v) is 24.8. The molecule has 23 heteroatoms. The van der Waals surface area contributed by atoms with Crippen LogP contribution in [0.25, 0.3) is 10.2 Å². The maximum Gasteiger partial charge on any atom is 0.410 e. The molecule has 6 aromatic rings. The number of carboxylic acid groups (broad SMARTS) is 1. The third-order valence-corrected chi connectivity index (χ3v) is 14.7. The van der Waals surface area contributed by atoms with Crippen molar-refractivity contribution >= 4 is 69.7 Å². The SMILES string of the molecule is CC(=O)O.CCCc1cc(N2CCC(NCC(O)c3ccc(CNC)cc3)CC2)nc2sc(C(N)=O)c(N)c12.CCOC(OCC)c1ccc(C=O)cc1.CN(Cc1ccc(C(O)CN)cc1)C(=O)OC(C)(C)C.CN(Cc1ccc(C=O)cc1)C(=O)OC(C)(C)C. The number of rotatable bonds is 23. The molecule has 2 atom stereocenters. The van der Waals surface area contributed by atoms with E-state index in [1.165, 1.54) is 26.7 Å². The van der Waals surface area contributed by atoms with E-state index >= 15 is 0 Å². The van der Waals surface area contributed by atoms with Crippen molar-refractivity contribution in [3.05, 3.63) is 158 Å². The van der Waals surface area contributed by atoms with E-state index in [9.17, 15) is 34.2 Å². The van der Waals surface area contributed by atoms with Crippen molar-refractivity contribution in [2.24, 2.45) is 11.5 Å². The molecule has 1 fully saturated rings. The van der Waals surface area contributed by atoms with Crippen LogP contribution in [0.5, 0.6) is 0 Å². The molecule has 22 nitrogen and oxygen atoms in total. The monoisotopic (exact) mass is 1290 g/mol. The summed E-state index contributed by atoms with van der Waals surface area (Å²) < 4.78 is 21.4. The number of fused-ring (bicyclic) bond motifs is 1. The fraction of sp³-hybridized carbons (Fsp3) is 0.464. The van der Waals surface area contributed by atoms with Crippen LogP contribution in [-0.4, -0.2) is 145 Å². The molecular weight excluding hydrogens is 1190 g/mol. The molecular formula is C69H99N9O13S. The number of piperidine rings is 1. The predicted octanol–water partition coefficient (Wildman–Crippen LogP) is 10.5. The molecule has 3 heterocycles. The standard InChI is InChI=1S/C26H36N6O2S.C15H24N2O3.C14H19NO3.C12H16O3.C2H4O2/c1-3-4-18-13-21(31-26-22(18)23(27)24(35-26)25(28)34)32-11-9-19(10-12-32)30-15-20(33)17-7-5-16(6-8-17)14-29-2;1-15(2,3)20-14(19)17(4)10-11-5-7-12(8-6-11)13(18)9-16;1-14(2,3)18-13(17)15(4)9-11-5-7-12(10-16)8-6-11;1-3-14-12(15-4-2)11-7-5-10(9-13)6-8-11;1-2(3)4/h5-8,13,19-20,29-30,33H,3-4,9-12,14-15,27H2,1-2H3,(H2,28,34);5-8,13,18H,9-10,16H2,1-4H3;5-8,10H,9H2,1-4H3;5-9,12H,3-4H2,1-2H3;1H3,(H,3,4). The number of primary amides is 1. The van der Waals surface area contributed by atoms with Crippen molar-refractivity contribution in [1.82, 2.24) is 25.4 Å². The van der Waals surface area contributed by atoms with Gasteiger partial charge in [-0.3, -0.25) is 19.2 Å². The Morgan fingerprint density at radius 1 is 0.728 bits per heavy atom. The molecule has 1 aliphatic heterocycles. The topological polar surface area (TPSA) is 325 Å². The molecule has 0 bridgehead atoms. The van der Waals surface area contributed by atoms with Gasteiger partial charge in [0.05, 0.1) is 17.9 Å². The molecule has 4 aromatic carbocycles. The molecule has 0 radical (unpaired) electrons. The number of nitrogen functional groups attached to an aromatic ring is 1. The number of carboxylic acids is 1. The highest BCUT2D eigenvalue weighted by molar-refractivity contribution is 7.21. The number of carbonyl (C=O) groups is 6. The van der Waals surface area contributed by atoms with E-state index in [1.807, 2.05) is 123 Å². The van der Waals surface area contributed by atoms with Gasteiger partial charge in [-0.15, -0.1) is 11.3 Å². The number of aliphatic carboxylic acids is 1. The van der Waals surface area contributed by atoms with E-state index in [4.69, 9.17) is 51.0 Å². The first-order valence-corrected chi connectivity index (χ1v) is 31.6. The van der Waals surface area contributed by atoms with Crippen LogP contribution < -0.4 is 32.7 Å². The van der Waals surface area contributed by atoms with Crippen molar-refractivity contribution in [1.29, 1.82) is 0 Å². The average Bonchev–Trinajstić information content (AvgIpc) is 1.68. The van der Waals surface area contributed by atoms with Crippen LogP contribution in [-0.2, 0) is 49.8 Å². The summed E-state index contributed by atoms with van der Waals surface area (Å²) in [7, 11) is 5.30. The molecule has 7 rings (SSSR count). The Bertz CT molecular complexity index is 3190. The van der Waals surface area contributed by atoms with Gasteiger partial charge in [-0.05, 0) is 121 Å². The summed E-state index contributed by atoms with van der Waals surface area (Å²) in [4.78, 5) is 76.7. The number of anilines is 2. The fourth-order valence-corrected chi connectivity index (χ4v) is 10.1. The summed E-state index contributed by atoms with van der Waals surface area (Å²) in [5, 5.41) is 35.2. The second kappa shape index (κ2) is 39.5. The van der Waals surface area contributed by atoms with Gasteiger partial charge < -0.3 is 76.8 Å². The maximum atomic E-state index is 11.8. The number of thiophene rings is 1. The number of pyridine rings is 1. The van der Waals surface area contributed by atoms with Gasteiger partial charge in [0.1, 0.15) is 39.3 Å². The Labute approximate surface area is 546 Å². The number of aldehydes is 2. The normalized spacial score (nSPS) is 12.9. The van der Waals surface area contributed by atoms with Gasteiger partial charge in [0.15, 0.2) is 6.29 Å². The summed E-state index contributed by atoms with van der Waals surface area (Å²) in [6.07, 6.45) is 3.18. The number of nitrogens with zero attached hydrogens (tertiary/aromatic N) is 4. The van der Waals surface area contributed by atoms with Crippen LogP contribution in [0.3, 0.4) is 0 Å². The number of benzene rings is 4. The molecule has 0 saturated carbocycles. The highest BCUT2D eigenvalue weighted by Gasteiger charge is 2.26. The minimum Gasteiger partial charge on any atom is -0.481 e. The molecule has 92 heavy (non-hydrogen) atoms. The van der Waals surface area contributed by atoms with Gasteiger partial charge in [-0.1, -0.05) is 110 Å². The number of aliphatic hydroxyl groups is 2. The summed E-state index contributed by atoms with van der Waals surface area (Å²) in [6.45, 7) is 23.5. The summed E-state index contributed by atoms with van der Waals surface area (Å²) in [5.41, 5.74) is 24.8. The lowest BCUT2D eigenvalue weighted by molar-refractivity contribution is -0.140. The number of aryl methyl sites for hydroxylation is 1. The van der Waals surface area contributed by atoms with Crippen molar-refractivity contribution in [2.45, 2.75) is 150 Å². The smallest absolute Gasteiger partial charge is 0.410 e. The summed E-state index contributed by atoms with van der Waals surface area (Å²) >= 11 is 1.28. The minimum absolute atomic E-state index is 0.192. The molecule has 1 aliphatic rings. The quantitative estimate of drug-likeness (QED) is 0.0218. The van der Waals surface area contributed by atoms with Crippen LogP contribution in [0.4, 0.5) is 21.1 Å². The van der Waals surface area contributed by atoms with Gasteiger partial charge in [0.25, 0.3) is 11.9 Å². The Balaban J connectivity index is 0.000000333. The Morgan fingerprint density at radius 2 is 1.16 bits per heavy atom. The number of nitrogens with one attached hydrogen (secondary N) is 2. The first-order valence-electron chi connectivity index (χ1n) is 30.8. The van der Waals surface area contributed by atoms with E-state index in [0.717, 1.165) is 114 Å². The third kappa shape index (κ3) is 27.9. The zero-order chi connectivity index (χ0) is 68.7. The molecule has 2 aromatic heterocycles. The number of hydrogen-bond donors (Lipinski definition) is 8. The number of carbonyl (C=O) groups excluding carboxylic acids is 5.